The molecule has 0 aliphatic carbocycles. The molecule has 0 aliphatic rings. The Hall–Kier alpha value is -3.29. The minimum Gasteiger partial charge on any atom is -0.497 e. The second-order valence-electron chi connectivity index (χ2n) is 7.07. The third kappa shape index (κ3) is 4.77. The van der Waals surface area contributed by atoms with Crippen LogP contribution in [0.5, 0.6) is 11.5 Å². The molecule has 154 valence electrons. The van der Waals surface area contributed by atoms with Gasteiger partial charge in [-0.1, -0.05) is 12.1 Å². The maximum Gasteiger partial charge on any atom is 0.273 e. The van der Waals surface area contributed by atoms with Crippen molar-refractivity contribution in [2.75, 3.05) is 20.8 Å². The van der Waals surface area contributed by atoms with Crippen LogP contribution in [0.2, 0.25) is 0 Å². The lowest BCUT2D eigenvalue weighted by Gasteiger charge is -2.13. The number of rotatable bonds is 8. The maximum atomic E-state index is 12.5. The number of ether oxygens (including phenoxy) is 2. The monoisotopic (exact) mass is 398 g/mol. The molecular weight excluding hydrogens is 372 g/mol. The van der Waals surface area contributed by atoms with Gasteiger partial charge in [-0.15, -0.1) is 0 Å². The first kappa shape index (κ1) is 20.4. The van der Waals surface area contributed by atoms with E-state index >= 15 is 0 Å². The summed E-state index contributed by atoms with van der Waals surface area (Å²) in [6, 6.07) is 8.97. The van der Waals surface area contributed by atoms with Crippen LogP contribution < -0.4 is 14.8 Å². The van der Waals surface area contributed by atoms with E-state index < -0.39 is 0 Å². The third-order valence-corrected chi connectivity index (χ3v) is 4.61. The zero-order valence-electron chi connectivity index (χ0n) is 17.4. The van der Waals surface area contributed by atoms with E-state index in [2.05, 4.69) is 22.5 Å². The van der Waals surface area contributed by atoms with Crippen LogP contribution >= 0.6 is 0 Å². The fourth-order valence-corrected chi connectivity index (χ4v) is 3.09. The number of aromatic nitrogens is 3. The van der Waals surface area contributed by atoms with Crippen LogP contribution in [-0.2, 0) is 6.54 Å². The van der Waals surface area contributed by atoms with Crippen molar-refractivity contribution < 1.29 is 18.8 Å². The second kappa shape index (κ2) is 8.81. The fraction of sp³-hybridized carbons (Fsp3) is 0.381. The molecule has 3 rings (SSSR count). The molecule has 2 heterocycles. The maximum absolute atomic E-state index is 12.5. The zero-order chi connectivity index (χ0) is 21.0. The Labute approximate surface area is 169 Å². The molecule has 29 heavy (non-hydrogen) atoms. The number of benzene rings is 1. The van der Waals surface area contributed by atoms with Crippen LogP contribution in [0.4, 0.5) is 0 Å². The molecule has 1 N–H and O–H groups in total. The van der Waals surface area contributed by atoms with Crippen molar-refractivity contribution in [1.29, 1.82) is 0 Å². The van der Waals surface area contributed by atoms with Crippen molar-refractivity contribution in [1.82, 2.24) is 20.3 Å². The molecule has 0 fully saturated rings. The summed E-state index contributed by atoms with van der Waals surface area (Å²) < 4.78 is 17.9. The highest BCUT2D eigenvalue weighted by Crippen LogP contribution is 2.33. The number of methoxy groups -OCH3 is 2. The third-order valence-electron chi connectivity index (χ3n) is 4.61. The van der Waals surface area contributed by atoms with E-state index in [9.17, 15) is 4.79 Å². The van der Waals surface area contributed by atoms with E-state index in [1.54, 1.807) is 38.5 Å². The van der Waals surface area contributed by atoms with Gasteiger partial charge in [0.25, 0.3) is 5.91 Å². The Bertz CT molecular complexity index is 992. The largest absolute Gasteiger partial charge is 0.497 e. The molecule has 3 aromatic rings. The van der Waals surface area contributed by atoms with Crippen molar-refractivity contribution in [2.45, 2.75) is 27.3 Å². The quantitative estimate of drug-likeness (QED) is 0.626. The standard InChI is InChI=1S/C21H26N4O4/c1-13(12-25-15(3)8-14(2)23-25)11-22-21(26)18-10-20(29-24-18)17-9-16(27-4)6-7-19(17)28-5/h6-10,13H,11-12H2,1-5H3,(H,22,26). The number of amides is 1. The lowest BCUT2D eigenvalue weighted by atomic mass is 10.1. The van der Waals surface area contributed by atoms with Gasteiger partial charge in [0.15, 0.2) is 11.5 Å². The highest BCUT2D eigenvalue weighted by atomic mass is 16.5. The number of carbonyl (C=O) groups excluding carboxylic acids is 1. The number of carbonyl (C=O) groups is 1. The van der Waals surface area contributed by atoms with Crippen LogP contribution in [0.15, 0.2) is 34.9 Å². The highest BCUT2D eigenvalue weighted by Gasteiger charge is 2.18. The molecule has 8 nitrogen and oxygen atoms in total. The van der Waals surface area contributed by atoms with Gasteiger partial charge >= 0.3 is 0 Å². The Kier molecular flexibility index (Phi) is 6.21. The number of hydrogen-bond donors (Lipinski definition) is 1. The van der Waals surface area contributed by atoms with Crippen LogP contribution in [0.1, 0.15) is 28.8 Å². The molecule has 8 heteroatoms. The predicted octanol–water partition coefficient (Wildman–Crippen LogP) is 3.24. The van der Waals surface area contributed by atoms with Crippen LogP contribution in [-0.4, -0.2) is 41.6 Å². The lowest BCUT2D eigenvalue weighted by Crippen LogP contribution is -2.30. The average molecular weight is 398 g/mol. The fourth-order valence-electron chi connectivity index (χ4n) is 3.09. The van der Waals surface area contributed by atoms with E-state index in [0.717, 1.165) is 17.9 Å². The minimum atomic E-state index is -0.290. The molecule has 1 unspecified atom stereocenters. The highest BCUT2D eigenvalue weighted by molar-refractivity contribution is 5.93. The Morgan fingerprint density at radius 1 is 1.21 bits per heavy atom. The number of nitrogens with one attached hydrogen (secondary N) is 1. The van der Waals surface area contributed by atoms with Gasteiger partial charge < -0.3 is 19.3 Å². The minimum absolute atomic E-state index is 0.210. The molecule has 0 radical (unpaired) electrons. The summed E-state index contributed by atoms with van der Waals surface area (Å²) in [6.45, 7) is 7.28. The van der Waals surface area contributed by atoms with Gasteiger partial charge in [0, 0.05) is 24.8 Å². The lowest BCUT2D eigenvalue weighted by molar-refractivity contribution is 0.0937. The first-order chi connectivity index (χ1) is 13.9. The van der Waals surface area contributed by atoms with Crippen LogP contribution in [0, 0.1) is 19.8 Å². The van der Waals surface area contributed by atoms with E-state index in [0.29, 0.717) is 29.4 Å². The zero-order valence-corrected chi connectivity index (χ0v) is 17.4. The second-order valence-corrected chi connectivity index (χ2v) is 7.07. The summed E-state index contributed by atoms with van der Waals surface area (Å²) in [5.74, 6) is 1.61. The van der Waals surface area contributed by atoms with E-state index in [-0.39, 0.29) is 17.5 Å². The molecule has 0 bridgehead atoms. The van der Waals surface area contributed by atoms with Gasteiger partial charge in [0.1, 0.15) is 11.5 Å². The van der Waals surface area contributed by atoms with Crippen molar-refractivity contribution in [3.63, 3.8) is 0 Å². The van der Waals surface area contributed by atoms with Gasteiger partial charge in [-0.3, -0.25) is 9.48 Å². The summed E-state index contributed by atoms with van der Waals surface area (Å²) in [5.41, 5.74) is 2.97. The van der Waals surface area contributed by atoms with Crippen molar-refractivity contribution in [3.05, 3.63) is 47.4 Å². The number of nitrogens with zero attached hydrogens (tertiary/aromatic N) is 3. The molecular formula is C21H26N4O4. The van der Waals surface area contributed by atoms with Gasteiger partial charge in [-0.25, -0.2) is 0 Å². The van der Waals surface area contributed by atoms with E-state index in [1.165, 1.54) is 0 Å². The predicted molar refractivity (Wildman–Crippen MR) is 108 cm³/mol. The molecule has 1 amide bonds. The van der Waals surface area contributed by atoms with Gasteiger partial charge in [0.2, 0.25) is 0 Å². The van der Waals surface area contributed by atoms with Crippen molar-refractivity contribution >= 4 is 5.91 Å². The van der Waals surface area contributed by atoms with Gasteiger partial charge in [-0.05, 0) is 44.0 Å². The van der Waals surface area contributed by atoms with Crippen LogP contribution in [0.3, 0.4) is 0 Å². The first-order valence-electron chi connectivity index (χ1n) is 9.39. The molecule has 0 saturated heterocycles. The molecule has 2 aromatic heterocycles. The van der Waals surface area contributed by atoms with Crippen molar-refractivity contribution in [3.8, 4) is 22.8 Å². The number of aryl methyl sites for hydroxylation is 2. The molecule has 0 aliphatic heterocycles. The Morgan fingerprint density at radius 2 is 2.00 bits per heavy atom. The topological polar surface area (TPSA) is 91.4 Å². The molecule has 1 aromatic carbocycles. The average Bonchev–Trinajstić information content (AvgIpc) is 3.32. The Balaban J connectivity index is 1.64. The van der Waals surface area contributed by atoms with Gasteiger partial charge in [0.05, 0.1) is 25.5 Å². The summed E-state index contributed by atoms with van der Waals surface area (Å²) in [7, 11) is 3.15. The first-order valence-corrected chi connectivity index (χ1v) is 9.39. The van der Waals surface area contributed by atoms with Gasteiger partial charge in [-0.2, -0.15) is 5.10 Å². The summed E-state index contributed by atoms with van der Waals surface area (Å²) in [4.78, 5) is 12.5. The summed E-state index contributed by atoms with van der Waals surface area (Å²) in [6.07, 6.45) is 0. The number of hydrogen-bond acceptors (Lipinski definition) is 6. The summed E-state index contributed by atoms with van der Waals surface area (Å²) in [5, 5.41) is 11.3. The SMILES string of the molecule is COc1ccc(OC)c(-c2cc(C(=O)NCC(C)Cn3nc(C)cc3C)no2)c1. The van der Waals surface area contributed by atoms with E-state index in [4.69, 9.17) is 14.0 Å². The smallest absolute Gasteiger partial charge is 0.273 e. The molecule has 0 spiro atoms. The molecule has 1 atom stereocenters. The normalized spacial score (nSPS) is 11.9. The molecule has 0 saturated carbocycles. The van der Waals surface area contributed by atoms with Crippen LogP contribution in [0.25, 0.3) is 11.3 Å². The summed E-state index contributed by atoms with van der Waals surface area (Å²) >= 11 is 0. The van der Waals surface area contributed by atoms with Crippen molar-refractivity contribution in [2.24, 2.45) is 5.92 Å². The van der Waals surface area contributed by atoms with E-state index in [1.807, 2.05) is 24.6 Å². The Morgan fingerprint density at radius 3 is 2.66 bits per heavy atom.